The Labute approximate surface area is 93.5 Å². The van der Waals surface area contributed by atoms with Gasteiger partial charge in [0.25, 0.3) is 0 Å². The van der Waals surface area contributed by atoms with E-state index < -0.39 is 17.4 Å². The van der Waals surface area contributed by atoms with Crippen LogP contribution in [-0.2, 0) is 0 Å². The molecule has 2 aliphatic rings. The van der Waals surface area contributed by atoms with Crippen molar-refractivity contribution in [2.75, 3.05) is 0 Å². The molecule has 2 aliphatic carbocycles. The van der Waals surface area contributed by atoms with Crippen molar-refractivity contribution >= 4 is 0 Å². The van der Waals surface area contributed by atoms with Gasteiger partial charge >= 0.3 is 0 Å². The molecule has 0 amide bonds. The van der Waals surface area contributed by atoms with E-state index in [2.05, 4.69) is 0 Å². The van der Waals surface area contributed by atoms with Gasteiger partial charge in [-0.25, -0.2) is 8.78 Å². The molecule has 0 radical (unpaired) electrons. The minimum atomic E-state index is -1.09. The molecule has 0 fully saturated rings. The van der Waals surface area contributed by atoms with Crippen molar-refractivity contribution in [2.24, 2.45) is 0 Å². The highest BCUT2D eigenvalue weighted by atomic mass is 19.2. The summed E-state index contributed by atoms with van der Waals surface area (Å²) in [6.07, 6.45) is 6.00. The first-order valence-corrected chi connectivity index (χ1v) is 5.43. The molecule has 1 nitrogen and oxygen atoms in total. The second-order valence-electron chi connectivity index (χ2n) is 4.26. The van der Waals surface area contributed by atoms with E-state index in [1.807, 2.05) is 19.1 Å². The predicted octanol–water partition coefficient (Wildman–Crippen LogP) is 4.41. The third-order valence-corrected chi connectivity index (χ3v) is 3.07. The van der Waals surface area contributed by atoms with Gasteiger partial charge < -0.3 is 5.11 Å². The van der Waals surface area contributed by atoms with Crippen LogP contribution in [0.2, 0.25) is 0 Å². The summed E-state index contributed by atoms with van der Waals surface area (Å²) in [6, 6.07) is 0. The fraction of sp³-hybridized carbons (Fsp3) is 0.385. The van der Waals surface area contributed by atoms with Crippen molar-refractivity contribution in [2.45, 2.75) is 32.6 Å². The minimum Gasteiger partial charge on any atom is -0.509 e. The highest BCUT2D eigenvalue weighted by Crippen LogP contribution is 2.37. The van der Waals surface area contributed by atoms with Gasteiger partial charge in [-0.1, -0.05) is 17.7 Å². The van der Waals surface area contributed by atoms with E-state index in [0.29, 0.717) is 12.0 Å². The monoisotopic (exact) mass is 224 g/mol. The molecule has 0 aromatic rings. The zero-order valence-corrected chi connectivity index (χ0v) is 9.19. The van der Waals surface area contributed by atoms with Crippen molar-refractivity contribution in [3.8, 4) is 0 Å². The number of rotatable bonds is 1. The van der Waals surface area contributed by atoms with E-state index in [4.69, 9.17) is 5.11 Å². The normalized spacial score (nSPS) is 22.2. The van der Waals surface area contributed by atoms with Crippen LogP contribution in [0.25, 0.3) is 0 Å². The number of hydrogen-bond donors (Lipinski definition) is 1. The van der Waals surface area contributed by atoms with Gasteiger partial charge in [-0.05, 0) is 37.3 Å². The van der Waals surface area contributed by atoms with Crippen LogP contribution in [0.1, 0.15) is 32.6 Å². The van der Waals surface area contributed by atoms with E-state index in [1.165, 1.54) is 5.57 Å². The third kappa shape index (κ3) is 1.94. The number of aliphatic hydroxyl groups is 1. The molecule has 0 bridgehead atoms. The molecule has 0 heterocycles. The molecule has 0 aromatic carbocycles. The van der Waals surface area contributed by atoms with Gasteiger partial charge in [0, 0.05) is 6.42 Å². The van der Waals surface area contributed by atoms with Gasteiger partial charge in [-0.15, -0.1) is 0 Å². The summed E-state index contributed by atoms with van der Waals surface area (Å²) in [5.74, 6) is -2.44. The first-order valence-electron chi connectivity index (χ1n) is 5.43. The molecule has 86 valence electrons. The molecule has 1 N–H and O–H groups in total. The predicted molar refractivity (Wildman–Crippen MR) is 59.2 cm³/mol. The van der Waals surface area contributed by atoms with E-state index >= 15 is 0 Å². The fourth-order valence-electron chi connectivity index (χ4n) is 2.02. The first-order chi connectivity index (χ1) is 7.59. The Morgan fingerprint density at radius 1 is 1.00 bits per heavy atom. The maximum absolute atomic E-state index is 13.6. The van der Waals surface area contributed by atoms with Crippen molar-refractivity contribution in [3.05, 3.63) is 46.3 Å². The number of halogens is 2. The molecule has 0 aliphatic heterocycles. The van der Waals surface area contributed by atoms with Gasteiger partial charge in [-0.3, -0.25) is 0 Å². The largest absolute Gasteiger partial charge is 0.509 e. The Morgan fingerprint density at radius 3 is 2.38 bits per heavy atom. The molecular formula is C13H14F2O. The van der Waals surface area contributed by atoms with Gasteiger partial charge in [-0.2, -0.15) is 0 Å². The van der Waals surface area contributed by atoms with E-state index in [0.717, 1.165) is 18.4 Å². The topological polar surface area (TPSA) is 20.2 Å². The minimum absolute atomic E-state index is 0.189. The molecule has 0 atom stereocenters. The van der Waals surface area contributed by atoms with Gasteiger partial charge in [0.1, 0.15) is 5.76 Å². The second kappa shape index (κ2) is 4.24. The summed E-state index contributed by atoms with van der Waals surface area (Å²) in [7, 11) is 0. The smallest absolute Gasteiger partial charge is 0.196 e. The molecule has 0 unspecified atom stereocenters. The lowest BCUT2D eigenvalue weighted by Gasteiger charge is -2.19. The lowest BCUT2D eigenvalue weighted by Crippen LogP contribution is -2.05. The molecule has 0 saturated heterocycles. The number of allylic oxidation sites excluding steroid dienone is 8. The van der Waals surface area contributed by atoms with E-state index in [1.54, 1.807) is 0 Å². The molecule has 16 heavy (non-hydrogen) atoms. The summed E-state index contributed by atoms with van der Waals surface area (Å²) in [5, 5.41) is 9.11. The first kappa shape index (κ1) is 11.1. The molecule has 0 saturated carbocycles. The molecular weight excluding hydrogens is 210 g/mol. The zero-order valence-electron chi connectivity index (χ0n) is 9.19. The Balaban J connectivity index is 2.36. The van der Waals surface area contributed by atoms with Crippen LogP contribution >= 0.6 is 0 Å². The van der Waals surface area contributed by atoms with Gasteiger partial charge in [0.05, 0.1) is 0 Å². The van der Waals surface area contributed by atoms with Crippen LogP contribution in [-0.4, -0.2) is 5.11 Å². The summed E-state index contributed by atoms with van der Waals surface area (Å²) in [4.78, 5) is 0. The maximum atomic E-state index is 13.6. The lowest BCUT2D eigenvalue weighted by atomic mass is 9.88. The lowest BCUT2D eigenvalue weighted by molar-refractivity contribution is 0.343. The van der Waals surface area contributed by atoms with Crippen LogP contribution in [0.5, 0.6) is 0 Å². The van der Waals surface area contributed by atoms with Crippen molar-refractivity contribution < 1.29 is 13.9 Å². The van der Waals surface area contributed by atoms with Crippen LogP contribution in [0.3, 0.4) is 0 Å². The zero-order chi connectivity index (χ0) is 11.7. The van der Waals surface area contributed by atoms with Crippen molar-refractivity contribution in [1.29, 1.82) is 0 Å². The summed E-state index contributed by atoms with van der Waals surface area (Å²) in [5.41, 5.74) is 2.52. The SMILES string of the molecule is CC1=CC=C(C2=C(F)C(F)=C(O)CC2)CC1. The Hall–Kier alpha value is -1.38. The highest BCUT2D eigenvalue weighted by molar-refractivity contribution is 5.45. The van der Waals surface area contributed by atoms with Gasteiger partial charge in [0.15, 0.2) is 11.7 Å². The fourth-order valence-corrected chi connectivity index (χ4v) is 2.02. The molecule has 0 spiro atoms. The average molecular weight is 224 g/mol. The summed E-state index contributed by atoms with van der Waals surface area (Å²) < 4.78 is 26.8. The van der Waals surface area contributed by atoms with Crippen LogP contribution in [0, 0.1) is 0 Å². The van der Waals surface area contributed by atoms with Crippen LogP contribution in [0.15, 0.2) is 46.3 Å². The maximum Gasteiger partial charge on any atom is 0.196 e. The highest BCUT2D eigenvalue weighted by Gasteiger charge is 2.24. The Kier molecular flexibility index (Phi) is 2.95. The molecule has 3 heteroatoms. The van der Waals surface area contributed by atoms with Crippen LogP contribution in [0.4, 0.5) is 8.78 Å². The van der Waals surface area contributed by atoms with Crippen LogP contribution < -0.4 is 0 Å². The van der Waals surface area contributed by atoms with E-state index in [9.17, 15) is 8.78 Å². The van der Waals surface area contributed by atoms with Crippen molar-refractivity contribution in [1.82, 2.24) is 0 Å². The number of hydrogen-bond acceptors (Lipinski definition) is 1. The quantitative estimate of drug-likeness (QED) is 0.699. The second-order valence-corrected chi connectivity index (χ2v) is 4.26. The van der Waals surface area contributed by atoms with Crippen molar-refractivity contribution in [3.63, 3.8) is 0 Å². The Morgan fingerprint density at radius 2 is 1.75 bits per heavy atom. The Bertz CT molecular complexity index is 439. The third-order valence-electron chi connectivity index (χ3n) is 3.07. The number of aliphatic hydroxyl groups excluding tert-OH is 1. The standard InChI is InChI=1S/C13H14F2O/c1-8-2-4-9(5-3-8)10-6-7-11(16)13(15)12(10)14/h2,4,16H,3,5-7H2,1H3. The van der Waals surface area contributed by atoms with E-state index in [-0.39, 0.29) is 6.42 Å². The summed E-state index contributed by atoms with van der Waals surface area (Å²) >= 11 is 0. The molecule has 2 rings (SSSR count). The average Bonchev–Trinajstić information content (AvgIpc) is 2.28. The van der Waals surface area contributed by atoms with Gasteiger partial charge in [0.2, 0.25) is 0 Å². The summed E-state index contributed by atoms with van der Waals surface area (Å²) in [6.45, 7) is 2.02. The molecule has 0 aromatic heterocycles.